The first-order valence-corrected chi connectivity index (χ1v) is 6.44. The molecule has 0 aliphatic rings. The Morgan fingerprint density at radius 1 is 1.38 bits per heavy atom. The lowest BCUT2D eigenvalue weighted by Crippen LogP contribution is -2.22. The molecule has 0 bridgehead atoms. The van der Waals surface area contributed by atoms with Gasteiger partial charge in [-0.15, -0.1) is 0 Å². The molecule has 0 saturated heterocycles. The predicted molar refractivity (Wildman–Crippen MR) is 59.4 cm³/mol. The van der Waals surface area contributed by atoms with Crippen molar-refractivity contribution in [3.8, 4) is 5.75 Å². The minimum Gasteiger partial charge on any atom is -0.410 e. The number of rotatable bonds is 2. The average molecular weight is 243 g/mol. The van der Waals surface area contributed by atoms with Crippen LogP contribution in [0.15, 0.2) is 23.1 Å². The Hall–Kier alpha value is -1.56. The fourth-order valence-corrected chi connectivity index (χ4v) is 2.18. The number of sulfone groups is 1. The van der Waals surface area contributed by atoms with E-state index in [1.807, 2.05) is 0 Å². The van der Waals surface area contributed by atoms with Gasteiger partial charge in [0.25, 0.3) is 0 Å². The molecule has 5 nitrogen and oxygen atoms in total. The fraction of sp³-hybridized carbons (Fsp3) is 0.300. The monoisotopic (exact) mass is 243 g/mol. The van der Waals surface area contributed by atoms with E-state index >= 15 is 0 Å². The first-order chi connectivity index (χ1) is 7.34. The van der Waals surface area contributed by atoms with Crippen LogP contribution in [-0.4, -0.2) is 27.8 Å². The highest BCUT2D eigenvalue weighted by molar-refractivity contribution is 7.90. The number of nitrogens with one attached hydrogen (secondary N) is 1. The summed E-state index contributed by atoms with van der Waals surface area (Å²) < 4.78 is 27.7. The lowest BCUT2D eigenvalue weighted by atomic mass is 10.2. The number of benzene rings is 1. The maximum Gasteiger partial charge on any atom is 0.412 e. The van der Waals surface area contributed by atoms with Gasteiger partial charge < -0.3 is 10.1 Å². The van der Waals surface area contributed by atoms with Crippen molar-refractivity contribution in [2.75, 3.05) is 13.3 Å². The zero-order chi connectivity index (χ0) is 12.3. The van der Waals surface area contributed by atoms with Crippen molar-refractivity contribution in [2.45, 2.75) is 11.8 Å². The summed E-state index contributed by atoms with van der Waals surface area (Å²) >= 11 is 0. The van der Waals surface area contributed by atoms with Crippen LogP contribution < -0.4 is 10.1 Å². The Morgan fingerprint density at radius 3 is 2.50 bits per heavy atom. The zero-order valence-electron chi connectivity index (χ0n) is 9.27. The van der Waals surface area contributed by atoms with Crippen LogP contribution in [-0.2, 0) is 9.84 Å². The summed E-state index contributed by atoms with van der Waals surface area (Å²) in [6, 6.07) is 4.47. The number of carbonyl (C=O) groups excluding carboxylic acids is 1. The van der Waals surface area contributed by atoms with E-state index in [-0.39, 0.29) is 10.6 Å². The normalized spacial score (nSPS) is 10.9. The summed E-state index contributed by atoms with van der Waals surface area (Å²) in [5.74, 6) is 0.199. The fourth-order valence-electron chi connectivity index (χ4n) is 1.20. The summed E-state index contributed by atoms with van der Waals surface area (Å²) in [6.45, 7) is 1.68. The Balaban J connectivity index is 3.13. The molecule has 1 N–H and O–H groups in total. The highest BCUT2D eigenvalue weighted by atomic mass is 32.2. The molecule has 0 atom stereocenters. The van der Waals surface area contributed by atoms with Crippen LogP contribution >= 0.6 is 0 Å². The van der Waals surface area contributed by atoms with Crippen LogP contribution in [0.25, 0.3) is 0 Å². The molecule has 0 spiro atoms. The van der Waals surface area contributed by atoms with Gasteiger partial charge in [0.15, 0.2) is 9.84 Å². The lowest BCUT2D eigenvalue weighted by molar-refractivity contribution is 0.203. The minimum absolute atomic E-state index is 0.161. The number of amides is 1. The Bertz CT molecular complexity index is 508. The van der Waals surface area contributed by atoms with Gasteiger partial charge >= 0.3 is 6.09 Å². The molecule has 0 radical (unpaired) electrons. The Morgan fingerprint density at radius 2 is 2.00 bits per heavy atom. The second kappa shape index (κ2) is 4.52. The smallest absolute Gasteiger partial charge is 0.410 e. The predicted octanol–water partition coefficient (Wildman–Crippen LogP) is 1.12. The molecule has 0 aromatic heterocycles. The molecule has 1 aromatic rings. The molecule has 0 aliphatic heterocycles. The molecule has 1 amide bonds. The van der Waals surface area contributed by atoms with Crippen LogP contribution in [0.4, 0.5) is 4.79 Å². The van der Waals surface area contributed by atoms with Crippen molar-refractivity contribution >= 4 is 15.9 Å². The van der Waals surface area contributed by atoms with E-state index in [9.17, 15) is 13.2 Å². The van der Waals surface area contributed by atoms with Crippen molar-refractivity contribution in [3.63, 3.8) is 0 Å². The van der Waals surface area contributed by atoms with Gasteiger partial charge in [0, 0.05) is 13.3 Å². The van der Waals surface area contributed by atoms with Gasteiger partial charge in [0.1, 0.15) is 5.75 Å². The number of carbonyl (C=O) groups is 1. The largest absolute Gasteiger partial charge is 0.412 e. The van der Waals surface area contributed by atoms with Crippen LogP contribution in [0.3, 0.4) is 0 Å². The van der Waals surface area contributed by atoms with E-state index in [0.29, 0.717) is 5.56 Å². The third-order valence-corrected chi connectivity index (χ3v) is 3.21. The number of hydrogen-bond acceptors (Lipinski definition) is 4. The third-order valence-electron chi connectivity index (χ3n) is 1.97. The van der Waals surface area contributed by atoms with Crippen LogP contribution in [0.1, 0.15) is 5.56 Å². The Labute approximate surface area is 94.3 Å². The number of hydrogen-bond donors (Lipinski definition) is 1. The van der Waals surface area contributed by atoms with Gasteiger partial charge in [-0.2, -0.15) is 0 Å². The summed E-state index contributed by atoms with van der Waals surface area (Å²) in [4.78, 5) is 11.1. The standard InChI is InChI=1S/C10H13NO4S/c1-7-4-5-8(15-10(12)11-2)6-9(7)16(3,13)14/h4-6H,1-3H3,(H,11,12). The quantitative estimate of drug-likeness (QED) is 0.844. The van der Waals surface area contributed by atoms with Crippen molar-refractivity contribution in [2.24, 2.45) is 0 Å². The highest BCUT2D eigenvalue weighted by Gasteiger charge is 2.13. The van der Waals surface area contributed by atoms with Gasteiger partial charge in [0.05, 0.1) is 4.90 Å². The molecular weight excluding hydrogens is 230 g/mol. The van der Waals surface area contributed by atoms with Crippen LogP contribution in [0.2, 0.25) is 0 Å². The molecule has 16 heavy (non-hydrogen) atoms. The van der Waals surface area contributed by atoms with Gasteiger partial charge in [-0.05, 0) is 24.6 Å². The molecule has 0 saturated carbocycles. The highest BCUT2D eigenvalue weighted by Crippen LogP contribution is 2.21. The lowest BCUT2D eigenvalue weighted by Gasteiger charge is -2.07. The zero-order valence-corrected chi connectivity index (χ0v) is 10.1. The second-order valence-corrected chi connectivity index (χ2v) is 5.32. The van der Waals surface area contributed by atoms with Gasteiger partial charge in [-0.25, -0.2) is 13.2 Å². The molecular formula is C10H13NO4S. The minimum atomic E-state index is -3.31. The SMILES string of the molecule is CNC(=O)Oc1ccc(C)c(S(C)(=O)=O)c1. The third kappa shape index (κ3) is 2.96. The van der Waals surface area contributed by atoms with Gasteiger partial charge in [-0.3, -0.25) is 0 Å². The summed E-state index contributed by atoms with van der Waals surface area (Å²) in [6.07, 6.45) is 0.474. The molecule has 1 aromatic carbocycles. The maximum atomic E-state index is 11.4. The molecule has 0 aliphatic carbocycles. The van der Waals surface area contributed by atoms with E-state index in [4.69, 9.17) is 4.74 Å². The Kier molecular flexibility index (Phi) is 3.54. The van der Waals surface area contributed by atoms with E-state index in [1.165, 1.54) is 13.1 Å². The van der Waals surface area contributed by atoms with Crippen molar-refractivity contribution in [1.82, 2.24) is 5.32 Å². The van der Waals surface area contributed by atoms with Crippen LogP contribution in [0, 0.1) is 6.92 Å². The van der Waals surface area contributed by atoms with Crippen LogP contribution in [0.5, 0.6) is 5.75 Å². The summed E-state index contributed by atoms with van der Waals surface area (Å²) in [7, 11) is -1.89. The molecule has 6 heteroatoms. The molecule has 1 rings (SSSR count). The molecule has 0 heterocycles. The van der Waals surface area contributed by atoms with Crippen molar-refractivity contribution in [1.29, 1.82) is 0 Å². The first kappa shape index (κ1) is 12.5. The van der Waals surface area contributed by atoms with Crippen molar-refractivity contribution < 1.29 is 17.9 Å². The average Bonchev–Trinajstić information content (AvgIpc) is 2.19. The summed E-state index contributed by atoms with van der Waals surface area (Å²) in [5.41, 5.74) is 0.617. The molecule has 0 unspecified atom stereocenters. The van der Waals surface area contributed by atoms with E-state index in [0.717, 1.165) is 6.26 Å². The maximum absolute atomic E-state index is 11.4. The first-order valence-electron chi connectivity index (χ1n) is 4.55. The number of ether oxygens (including phenoxy) is 1. The van der Waals surface area contributed by atoms with E-state index < -0.39 is 15.9 Å². The van der Waals surface area contributed by atoms with Gasteiger partial charge in [0.2, 0.25) is 0 Å². The van der Waals surface area contributed by atoms with E-state index in [2.05, 4.69) is 5.32 Å². The molecule has 0 fully saturated rings. The topological polar surface area (TPSA) is 72.5 Å². The van der Waals surface area contributed by atoms with E-state index in [1.54, 1.807) is 19.1 Å². The number of aryl methyl sites for hydroxylation is 1. The summed E-state index contributed by atoms with van der Waals surface area (Å²) in [5, 5.41) is 2.28. The second-order valence-electron chi connectivity index (χ2n) is 3.34. The molecule has 88 valence electrons. The van der Waals surface area contributed by atoms with Crippen molar-refractivity contribution in [3.05, 3.63) is 23.8 Å². The van der Waals surface area contributed by atoms with Gasteiger partial charge in [-0.1, -0.05) is 6.07 Å².